The third-order valence-corrected chi connectivity index (χ3v) is 3.18. The highest BCUT2D eigenvalue weighted by Crippen LogP contribution is 2.25. The van der Waals surface area contributed by atoms with Gasteiger partial charge in [0.15, 0.2) is 0 Å². The summed E-state index contributed by atoms with van der Waals surface area (Å²) < 4.78 is 5.75. The first-order chi connectivity index (χ1) is 7.35. The molecule has 1 N–H and O–H groups in total. The molecule has 2 aromatic heterocycles. The predicted octanol–water partition coefficient (Wildman–Crippen LogP) is 3.21. The Morgan fingerprint density at radius 2 is 2.27 bits per heavy atom. The molecule has 2 heterocycles. The van der Waals surface area contributed by atoms with E-state index in [2.05, 4.69) is 35.1 Å². The molecule has 2 aromatic rings. The van der Waals surface area contributed by atoms with Crippen LogP contribution < -0.4 is 5.32 Å². The molecule has 0 spiro atoms. The minimum Gasteiger partial charge on any atom is -0.464 e. The molecule has 0 radical (unpaired) electrons. The van der Waals surface area contributed by atoms with E-state index in [-0.39, 0.29) is 6.04 Å². The molecular formula is C12H15NOS. The van der Waals surface area contributed by atoms with Crippen molar-refractivity contribution < 1.29 is 4.42 Å². The van der Waals surface area contributed by atoms with Crippen molar-refractivity contribution in [3.63, 3.8) is 0 Å². The van der Waals surface area contributed by atoms with Gasteiger partial charge in [-0.05, 0) is 41.6 Å². The number of hydrogen-bond acceptors (Lipinski definition) is 3. The molecule has 15 heavy (non-hydrogen) atoms. The van der Waals surface area contributed by atoms with E-state index < -0.39 is 0 Å². The predicted molar refractivity (Wildman–Crippen MR) is 63.3 cm³/mol. The van der Waals surface area contributed by atoms with Crippen molar-refractivity contribution in [1.29, 1.82) is 0 Å². The van der Waals surface area contributed by atoms with Crippen LogP contribution in [-0.4, -0.2) is 7.05 Å². The van der Waals surface area contributed by atoms with Crippen LogP contribution in [0.5, 0.6) is 0 Å². The molecular weight excluding hydrogens is 206 g/mol. The highest BCUT2D eigenvalue weighted by molar-refractivity contribution is 7.08. The highest BCUT2D eigenvalue weighted by atomic mass is 32.1. The van der Waals surface area contributed by atoms with Crippen LogP contribution in [0.1, 0.15) is 30.0 Å². The fourth-order valence-electron chi connectivity index (χ4n) is 1.65. The second-order valence-electron chi connectivity index (χ2n) is 3.44. The van der Waals surface area contributed by atoms with E-state index in [0.717, 1.165) is 17.9 Å². The van der Waals surface area contributed by atoms with Crippen LogP contribution in [0.25, 0.3) is 0 Å². The lowest BCUT2D eigenvalue weighted by Crippen LogP contribution is -2.16. The zero-order valence-corrected chi connectivity index (χ0v) is 9.80. The Morgan fingerprint density at radius 1 is 1.40 bits per heavy atom. The first-order valence-corrected chi connectivity index (χ1v) is 6.07. The Labute approximate surface area is 93.9 Å². The second-order valence-corrected chi connectivity index (χ2v) is 4.22. The summed E-state index contributed by atoms with van der Waals surface area (Å²) in [7, 11) is 1.95. The normalized spacial score (nSPS) is 12.9. The van der Waals surface area contributed by atoms with Crippen LogP contribution in [0.4, 0.5) is 0 Å². The van der Waals surface area contributed by atoms with Crippen molar-refractivity contribution in [3.8, 4) is 0 Å². The molecule has 0 aliphatic heterocycles. The summed E-state index contributed by atoms with van der Waals surface area (Å²) in [6.45, 7) is 2.10. The standard InChI is InChI=1S/C12H15NOS/c1-3-10-4-5-11(14-10)12(13-2)9-6-7-15-8-9/h4-8,12-13H,3H2,1-2H3. The van der Waals surface area contributed by atoms with Crippen molar-refractivity contribution in [2.45, 2.75) is 19.4 Å². The molecule has 0 amide bonds. The molecule has 0 saturated carbocycles. The molecule has 0 saturated heterocycles. The van der Waals surface area contributed by atoms with Crippen LogP contribution >= 0.6 is 11.3 Å². The maximum Gasteiger partial charge on any atom is 0.125 e. The van der Waals surface area contributed by atoms with Crippen LogP contribution in [0.3, 0.4) is 0 Å². The van der Waals surface area contributed by atoms with E-state index in [1.807, 2.05) is 13.1 Å². The summed E-state index contributed by atoms with van der Waals surface area (Å²) in [5.74, 6) is 2.04. The first-order valence-electron chi connectivity index (χ1n) is 5.13. The topological polar surface area (TPSA) is 25.2 Å². The Balaban J connectivity index is 2.27. The van der Waals surface area contributed by atoms with Gasteiger partial charge in [-0.15, -0.1) is 0 Å². The fourth-order valence-corrected chi connectivity index (χ4v) is 2.34. The van der Waals surface area contributed by atoms with Gasteiger partial charge >= 0.3 is 0 Å². The average molecular weight is 221 g/mol. The summed E-state index contributed by atoms with van der Waals surface area (Å²) in [4.78, 5) is 0. The van der Waals surface area contributed by atoms with Crippen molar-refractivity contribution in [2.75, 3.05) is 7.05 Å². The SMILES string of the molecule is CCc1ccc(C(NC)c2ccsc2)o1. The quantitative estimate of drug-likeness (QED) is 0.857. The summed E-state index contributed by atoms with van der Waals surface area (Å²) in [6, 6.07) is 6.40. The van der Waals surface area contributed by atoms with Crippen LogP contribution in [-0.2, 0) is 6.42 Å². The Kier molecular flexibility index (Phi) is 3.23. The molecule has 0 aliphatic carbocycles. The Bertz CT molecular complexity index is 405. The Morgan fingerprint density at radius 3 is 2.80 bits per heavy atom. The molecule has 0 fully saturated rings. The number of hydrogen-bond donors (Lipinski definition) is 1. The van der Waals surface area contributed by atoms with Gasteiger partial charge in [0, 0.05) is 6.42 Å². The fraction of sp³-hybridized carbons (Fsp3) is 0.333. The third-order valence-electron chi connectivity index (χ3n) is 2.48. The van der Waals surface area contributed by atoms with Gasteiger partial charge in [0.25, 0.3) is 0 Å². The lowest BCUT2D eigenvalue weighted by atomic mass is 10.1. The molecule has 1 unspecified atom stereocenters. The van der Waals surface area contributed by atoms with Gasteiger partial charge in [-0.25, -0.2) is 0 Å². The third kappa shape index (κ3) is 2.13. The minimum atomic E-state index is 0.177. The smallest absolute Gasteiger partial charge is 0.125 e. The van der Waals surface area contributed by atoms with Crippen LogP contribution in [0.2, 0.25) is 0 Å². The lowest BCUT2D eigenvalue weighted by molar-refractivity contribution is 0.434. The molecule has 2 nitrogen and oxygen atoms in total. The zero-order valence-electron chi connectivity index (χ0n) is 8.99. The molecule has 0 aromatic carbocycles. The van der Waals surface area contributed by atoms with E-state index in [0.29, 0.717) is 0 Å². The molecule has 0 aliphatic rings. The molecule has 80 valence electrons. The minimum absolute atomic E-state index is 0.177. The number of thiophene rings is 1. The number of nitrogens with one attached hydrogen (secondary N) is 1. The second kappa shape index (κ2) is 4.64. The van der Waals surface area contributed by atoms with Crippen molar-refractivity contribution in [2.24, 2.45) is 0 Å². The van der Waals surface area contributed by atoms with E-state index in [4.69, 9.17) is 4.42 Å². The molecule has 3 heteroatoms. The van der Waals surface area contributed by atoms with Gasteiger partial charge in [0.05, 0.1) is 6.04 Å². The number of furan rings is 1. The van der Waals surface area contributed by atoms with Gasteiger partial charge in [-0.1, -0.05) is 6.92 Å². The summed E-state index contributed by atoms with van der Waals surface area (Å²) in [5, 5.41) is 7.51. The lowest BCUT2D eigenvalue weighted by Gasteiger charge is -2.11. The van der Waals surface area contributed by atoms with Gasteiger partial charge in [-0.2, -0.15) is 11.3 Å². The zero-order chi connectivity index (χ0) is 10.7. The highest BCUT2D eigenvalue weighted by Gasteiger charge is 2.15. The van der Waals surface area contributed by atoms with Crippen molar-refractivity contribution in [1.82, 2.24) is 5.32 Å². The van der Waals surface area contributed by atoms with Crippen LogP contribution in [0, 0.1) is 0 Å². The van der Waals surface area contributed by atoms with E-state index in [1.54, 1.807) is 11.3 Å². The number of rotatable bonds is 4. The van der Waals surface area contributed by atoms with Gasteiger partial charge in [-0.3, -0.25) is 0 Å². The Hall–Kier alpha value is -1.06. The van der Waals surface area contributed by atoms with E-state index >= 15 is 0 Å². The summed E-state index contributed by atoms with van der Waals surface area (Å²) in [6.07, 6.45) is 0.945. The van der Waals surface area contributed by atoms with E-state index in [9.17, 15) is 0 Å². The van der Waals surface area contributed by atoms with Gasteiger partial charge < -0.3 is 9.73 Å². The molecule has 1 atom stereocenters. The van der Waals surface area contributed by atoms with Crippen LogP contribution in [0.15, 0.2) is 33.4 Å². The first kappa shape index (κ1) is 10.5. The monoisotopic (exact) mass is 221 g/mol. The van der Waals surface area contributed by atoms with Gasteiger partial charge in [0.1, 0.15) is 11.5 Å². The number of aryl methyl sites for hydroxylation is 1. The average Bonchev–Trinajstić information content (AvgIpc) is 2.89. The molecule has 2 rings (SSSR count). The maximum absolute atomic E-state index is 5.75. The maximum atomic E-state index is 5.75. The summed E-state index contributed by atoms with van der Waals surface area (Å²) in [5.41, 5.74) is 1.26. The molecule has 0 bridgehead atoms. The largest absolute Gasteiger partial charge is 0.464 e. The van der Waals surface area contributed by atoms with Gasteiger partial charge in [0.2, 0.25) is 0 Å². The van der Waals surface area contributed by atoms with E-state index in [1.165, 1.54) is 5.56 Å². The van der Waals surface area contributed by atoms with Crippen molar-refractivity contribution in [3.05, 3.63) is 46.0 Å². The summed E-state index contributed by atoms with van der Waals surface area (Å²) >= 11 is 1.71. The van der Waals surface area contributed by atoms with Crippen molar-refractivity contribution >= 4 is 11.3 Å².